The smallest absolute Gasteiger partial charge is 0.314 e. The number of hydrogen-bond acceptors (Lipinski definition) is 4. The van der Waals surface area contributed by atoms with Gasteiger partial charge in [-0.15, -0.1) is 0 Å². The summed E-state index contributed by atoms with van der Waals surface area (Å²) in [6, 6.07) is 8.65. The van der Waals surface area contributed by atoms with E-state index in [0.717, 1.165) is 6.42 Å². The maximum atomic E-state index is 12.6. The zero-order chi connectivity index (χ0) is 15.9. The Kier molecular flexibility index (Phi) is 3.78. The van der Waals surface area contributed by atoms with Gasteiger partial charge in [0.05, 0.1) is 6.10 Å². The molecule has 0 saturated carbocycles. The number of fused-ring (bicyclic) bond motifs is 2. The van der Waals surface area contributed by atoms with Crippen molar-refractivity contribution in [2.24, 2.45) is 5.41 Å². The van der Waals surface area contributed by atoms with Crippen LogP contribution in [0.25, 0.3) is 0 Å². The van der Waals surface area contributed by atoms with E-state index in [4.69, 9.17) is 0 Å². The molecule has 1 aromatic carbocycles. The molecule has 3 rings (SSSR count). The first-order valence-electron chi connectivity index (χ1n) is 7.68. The van der Waals surface area contributed by atoms with Crippen LogP contribution in [-0.2, 0) is 4.79 Å². The number of piperidine rings is 1. The summed E-state index contributed by atoms with van der Waals surface area (Å²) in [6.07, 6.45) is 0.877. The minimum atomic E-state index is -1.41. The lowest BCUT2D eigenvalue weighted by Gasteiger charge is -2.47. The van der Waals surface area contributed by atoms with Gasteiger partial charge in [-0.25, -0.2) is 0 Å². The molecule has 22 heavy (non-hydrogen) atoms. The number of nitrogens with zero attached hydrogens (tertiary/aromatic N) is 1. The molecule has 0 aromatic heterocycles. The van der Waals surface area contributed by atoms with Crippen molar-refractivity contribution in [2.75, 3.05) is 7.05 Å². The second-order valence-corrected chi connectivity index (χ2v) is 6.48. The van der Waals surface area contributed by atoms with Gasteiger partial charge >= 0.3 is 5.97 Å². The monoisotopic (exact) mass is 303 g/mol. The SMILES string of the molecule is CN1[C@H]2CC[C@@H]1[C@@](CC(=O)c1ccccc1)(C(=O)O)[C@@H](O)C2. The molecule has 0 amide bonds. The van der Waals surface area contributed by atoms with Crippen molar-refractivity contribution in [2.45, 2.75) is 43.9 Å². The molecule has 2 aliphatic rings. The summed E-state index contributed by atoms with van der Waals surface area (Å²) in [6.45, 7) is 0. The molecule has 0 spiro atoms. The topological polar surface area (TPSA) is 77.8 Å². The molecule has 0 aliphatic carbocycles. The van der Waals surface area contributed by atoms with Crippen LogP contribution < -0.4 is 0 Å². The number of carboxylic acids is 1. The number of aliphatic hydroxyl groups is 1. The van der Waals surface area contributed by atoms with Crippen LogP contribution in [0.2, 0.25) is 0 Å². The number of Topliss-reactive ketones (excluding diaryl/α,β-unsaturated/α-hetero) is 1. The lowest BCUT2D eigenvalue weighted by atomic mass is 9.68. The Labute approximate surface area is 129 Å². The second kappa shape index (κ2) is 5.48. The molecular formula is C17H21NO4. The van der Waals surface area contributed by atoms with E-state index in [1.807, 2.05) is 18.0 Å². The first kappa shape index (κ1) is 15.2. The first-order valence-corrected chi connectivity index (χ1v) is 7.68. The molecule has 2 aliphatic heterocycles. The number of aliphatic carboxylic acids is 1. The molecule has 2 fully saturated rings. The zero-order valence-corrected chi connectivity index (χ0v) is 12.6. The van der Waals surface area contributed by atoms with Gasteiger partial charge in [0.15, 0.2) is 5.78 Å². The van der Waals surface area contributed by atoms with Crippen molar-refractivity contribution in [3.05, 3.63) is 35.9 Å². The van der Waals surface area contributed by atoms with Gasteiger partial charge in [-0.1, -0.05) is 30.3 Å². The summed E-state index contributed by atoms with van der Waals surface area (Å²) in [4.78, 5) is 26.6. The van der Waals surface area contributed by atoms with Gasteiger partial charge < -0.3 is 10.2 Å². The highest BCUT2D eigenvalue weighted by Crippen LogP contribution is 2.48. The van der Waals surface area contributed by atoms with Crippen molar-refractivity contribution in [3.8, 4) is 0 Å². The number of rotatable bonds is 4. The van der Waals surface area contributed by atoms with E-state index in [-0.39, 0.29) is 24.3 Å². The first-order chi connectivity index (χ1) is 10.5. The van der Waals surface area contributed by atoms with E-state index >= 15 is 0 Å². The molecule has 2 heterocycles. The Morgan fingerprint density at radius 3 is 2.59 bits per heavy atom. The highest BCUT2D eigenvalue weighted by atomic mass is 16.4. The Balaban J connectivity index is 1.95. The highest BCUT2D eigenvalue weighted by molar-refractivity contribution is 5.99. The van der Waals surface area contributed by atoms with E-state index in [1.54, 1.807) is 24.3 Å². The van der Waals surface area contributed by atoms with Crippen molar-refractivity contribution in [1.82, 2.24) is 4.90 Å². The van der Waals surface area contributed by atoms with Crippen LogP contribution >= 0.6 is 0 Å². The van der Waals surface area contributed by atoms with Gasteiger partial charge in [-0.3, -0.25) is 14.5 Å². The van der Waals surface area contributed by atoms with Crippen molar-refractivity contribution < 1.29 is 19.8 Å². The van der Waals surface area contributed by atoms with E-state index in [1.165, 1.54) is 0 Å². The molecule has 4 atom stereocenters. The van der Waals surface area contributed by atoms with Gasteiger partial charge in [-0.05, 0) is 26.3 Å². The van der Waals surface area contributed by atoms with Gasteiger partial charge in [0, 0.05) is 24.1 Å². The number of ketones is 1. The molecule has 2 saturated heterocycles. The van der Waals surface area contributed by atoms with Crippen molar-refractivity contribution in [1.29, 1.82) is 0 Å². The fourth-order valence-electron chi connectivity index (χ4n) is 4.20. The van der Waals surface area contributed by atoms with E-state index in [0.29, 0.717) is 18.4 Å². The van der Waals surface area contributed by atoms with Gasteiger partial charge in [0.25, 0.3) is 0 Å². The second-order valence-electron chi connectivity index (χ2n) is 6.48. The number of carboxylic acid groups (broad SMARTS) is 1. The van der Waals surface area contributed by atoms with Crippen molar-refractivity contribution in [3.63, 3.8) is 0 Å². The third-order valence-corrected chi connectivity index (χ3v) is 5.47. The van der Waals surface area contributed by atoms with Gasteiger partial charge in [0.2, 0.25) is 0 Å². The average molecular weight is 303 g/mol. The standard InChI is InChI=1S/C17H21NO4/c1-18-12-7-8-14(18)17(16(21)22,15(20)9-12)10-13(19)11-5-3-2-4-6-11/h2-6,12,14-15,20H,7-10H2,1H3,(H,21,22)/t12-,14+,15-,17+/m0/s1. The zero-order valence-electron chi connectivity index (χ0n) is 12.6. The maximum absolute atomic E-state index is 12.6. The normalized spacial score (nSPS) is 34.5. The lowest BCUT2D eigenvalue weighted by Crippen LogP contribution is -2.61. The number of hydrogen-bond donors (Lipinski definition) is 2. The Morgan fingerprint density at radius 2 is 1.95 bits per heavy atom. The predicted octanol–water partition coefficient (Wildman–Crippen LogP) is 1.56. The summed E-state index contributed by atoms with van der Waals surface area (Å²) in [7, 11) is 1.90. The Bertz CT molecular complexity index is 588. The minimum Gasteiger partial charge on any atom is -0.481 e. The van der Waals surface area contributed by atoms with Crippen LogP contribution in [0.4, 0.5) is 0 Å². The summed E-state index contributed by atoms with van der Waals surface area (Å²) in [5.74, 6) is -1.29. The molecule has 0 radical (unpaired) electrons. The molecule has 0 unspecified atom stereocenters. The average Bonchev–Trinajstić information content (AvgIpc) is 2.78. The van der Waals surface area contributed by atoms with Crippen LogP contribution in [0.3, 0.4) is 0 Å². The summed E-state index contributed by atoms with van der Waals surface area (Å²) in [5.41, 5.74) is -0.910. The van der Waals surface area contributed by atoms with Crippen LogP contribution in [-0.4, -0.2) is 52.1 Å². The minimum absolute atomic E-state index is 0.157. The molecule has 5 heteroatoms. The maximum Gasteiger partial charge on any atom is 0.314 e. The van der Waals surface area contributed by atoms with E-state index in [9.17, 15) is 19.8 Å². The fraction of sp³-hybridized carbons (Fsp3) is 0.529. The Hall–Kier alpha value is -1.72. The van der Waals surface area contributed by atoms with Crippen LogP contribution in [0, 0.1) is 5.41 Å². The molecule has 5 nitrogen and oxygen atoms in total. The number of aliphatic hydroxyl groups excluding tert-OH is 1. The molecule has 118 valence electrons. The predicted molar refractivity (Wildman–Crippen MR) is 80.7 cm³/mol. The largest absolute Gasteiger partial charge is 0.481 e. The van der Waals surface area contributed by atoms with Gasteiger partial charge in [-0.2, -0.15) is 0 Å². The van der Waals surface area contributed by atoms with Crippen LogP contribution in [0.5, 0.6) is 0 Å². The fourth-order valence-corrected chi connectivity index (χ4v) is 4.20. The quantitative estimate of drug-likeness (QED) is 0.825. The molecular weight excluding hydrogens is 282 g/mol. The number of carbonyl (C=O) groups is 2. The van der Waals surface area contributed by atoms with Crippen LogP contribution in [0.15, 0.2) is 30.3 Å². The Morgan fingerprint density at radius 1 is 1.27 bits per heavy atom. The third kappa shape index (κ3) is 2.16. The third-order valence-electron chi connectivity index (χ3n) is 5.47. The van der Waals surface area contributed by atoms with E-state index in [2.05, 4.69) is 0 Å². The van der Waals surface area contributed by atoms with Gasteiger partial charge in [0.1, 0.15) is 5.41 Å². The molecule has 2 N–H and O–H groups in total. The number of carbonyl (C=O) groups excluding carboxylic acids is 1. The summed E-state index contributed by atoms with van der Waals surface area (Å²) in [5, 5.41) is 20.4. The summed E-state index contributed by atoms with van der Waals surface area (Å²) >= 11 is 0. The van der Waals surface area contributed by atoms with Crippen molar-refractivity contribution >= 4 is 11.8 Å². The van der Waals surface area contributed by atoms with Crippen LogP contribution in [0.1, 0.15) is 36.0 Å². The highest BCUT2D eigenvalue weighted by Gasteiger charge is 2.60. The van der Waals surface area contributed by atoms with E-state index < -0.39 is 17.5 Å². The summed E-state index contributed by atoms with van der Waals surface area (Å²) < 4.78 is 0. The molecule has 2 bridgehead atoms. The lowest BCUT2D eigenvalue weighted by molar-refractivity contribution is -0.169. The molecule has 1 aromatic rings. The number of benzene rings is 1.